The Bertz CT molecular complexity index is 1410. The summed E-state index contributed by atoms with van der Waals surface area (Å²) in [6.45, 7) is 3.91. The number of halogens is 3. The summed E-state index contributed by atoms with van der Waals surface area (Å²) in [5.41, 5.74) is 5.71. The number of rotatable bonds is 6. The molecular weight excluding hydrogens is 563 g/mol. The van der Waals surface area contributed by atoms with Crippen LogP contribution >= 0.6 is 0 Å². The maximum absolute atomic E-state index is 14.4. The first-order chi connectivity index (χ1) is 21.2. The van der Waals surface area contributed by atoms with Gasteiger partial charge in [0.1, 0.15) is 11.6 Å². The highest BCUT2D eigenvalue weighted by Crippen LogP contribution is 2.57. The molecule has 44 heavy (non-hydrogen) atoms. The van der Waals surface area contributed by atoms with E-state index in [0.717, 1.165) is 94.2 Å². The van der Waals surface area contributed by atoms with Crippen molar-refractivity contribution < 1.29 is 18.0 Å². The third-order valence-corrected chi connectivity index (χ3v) is 11.0. The standard InChI is InChI=1S/C35H44F3N5O/c1-3-41-42-33(39-2)26-9-4-7-24(17-26)23-12-15-43(16-13-23)30-20-28-10-6-14-34(28,21-30)32(44)25-8-5-11-31-27(18-25)19-29(22-40-31)35(36,37)38/h3-4,7,9,17,19,22-23,25,28,30H,5-6,8,10-16,18,20-21H2,1-2H3,(H,39,42)/b41-3+/t25?,28-,30+,34-/m1/s1. The van der Waals surface area contributed by atoms with E-state index in [2.05, 4.69) is 49.7 Å². The number of hydrogen-bond donors (Lipinski definition) is 1. The first-order valence-corrected chi connectivity index (χ1v) is 16.4. The summed E-state index contributed by atoms with van der Waals surface area (Å²) >= 11 is 0. The molecule has 0 amide bonds. The Morgan fingerprint density at radius 2 is 1.95 bits per heavy atom. The van der Waals surface area contributed by atoms with Gasteiger partial charge >= 0.3 is 6.18 Å². The first-order valence-electron chi connectivity index (χ1n) is 16.4. The van der Waals surface area contributed by atoms with E-state index in [1.807, 2.05) is 6.92 Å². The number of amidine groups is 1. The van der Waals surface area contributed by atoms with Gasteiger partial charge in [-0.1, -0.05) is 24.6 Å². The van der Waals surface area contributed by atoms with Gasteiger partial charge in [-0.25, -0.2) is 0 Å². The van der Waals surface area contributed by atoms with Gasteiger partial charge in [0.2, 0.25) is 0 Å². The van der Waals surface area contributed by atoms with E-state index < -0.39 is 11.7 Å². The molecule has 2 saturated carbocycles. The minimum atomic E-state index is -4.42. The van der Waals surface area contributed by atoms with Gasteiger partial charge in [-0.2, -0.15) is 18.3 Å². The number of alkyl halides is 3. The average Bonchev–Trinajstić information content (AvgIpc) is 3.52. The van der Waals surface area contributed by atoms with Crippen LogP contribution in [0.4, 0.5) is 13.2 Å². The summed E-state index contributed by atoms with van der Waals surface area (Å²) in [5.74, 6) is 1.74. The molecule has 0 bridgehead atoms. The number of hydrogen-bond acceptors (Lipinski definition) is 5. The second-order valence-corrected chi connectivity index (χ2v) is 13.3. The molecule has 9 heteroatoms. The highest BCUT2D eigenvalue weighted by atomic mass is 19.4. The lowest BCUT2D eigenvalue weighted by atomic mass is 9.70. The van der Waals surface area contributed by atoms with Crippen LogP contribution in [-0.4, -0.2) is 53.9 Å². The van der Waals surface area contributed by atoms with Crippen molar-refractivity contribution in [2.75, 3.05) is 20.1 Å². The Labute approximate surface area is 258 Å². The molecule has 1 aliphatic heterocycles. The highest BCUT2D eigenvalue weighted by Gasteiger charge is 2.56. The molecule has 1 unspecified atom stereocenters. The van der Waals surface area contributed by atoms with Gasteiger partial charge in [-0.15, -0.1) is 0 Å². The normalized spacial score (nSPS) is 28.6. The molecule has 3 fully saturated rings. The van der Waals surface area contributed by atoms with Crippen LogP contribution in [0.2, 0.25) is 0 Å². The Kier molecular flexibility index (Phi) is 8.95. The maximum atomic E-state index is 14.4. The third kappa shape index (κ3) is 6.09. The zero-order valence-corrected chi connectivity index (χ0v) is 25.9. The van der Waals surface area contributed by atoms with Crippen LogP contribution in [0.1, 0.15) is 98.6 Å². The van der Waals surface area contributed by atoms with Gasteiger partial charge in [0.05, 0.1) is 5.56 Å². The van der Waals surface area contributed by atoms with Crippen LogP contribution < -0.4 is 5.43 Å². The Balaban J connectivity index is 1.12. The average molecular weight is 608 g/mol. The minimum absolute atomic E-state index is 0.215. The summed E-state index contributed by atoms with van der Waals surface area (Å²) in [7, 11) is 1.77. The summed E-state index contributed by atoms with van der Waals surface area (Å²) < 4.78 is 40.4. The number of likely N-dealkylation sites (tertiary alicyclic amines) is 1. The van der Waals surface area contributed by atoms with E-state index in [1.165, 1.54) is 11.6 Å². The quantitative estimate of drug-likeness (QED) is 0.167. The molecule has 236 valence electrons. The van der Waals surface area contributed by atoms with E-state index in [1.54, 1.807) is 13.3 Å². The fourth-order valence-corrected chi connectivity index (χ4v) is 8.81. The molecule has 1 saturated heterocycles. The lowest BCUT2D eigenvalue weighted by Gasteiger charge is -2.37. The number of carbonyl (C=O) groups excluding carboxylic acids is 1. The molecule has 4 aliphatic rings. The smallest absolute Gasteiger partial charge is 0.300 e. The van der Waals surface area contributed by atoms with Gasteiger partial charge in [0, 0.05) is 48.1 Å². The second kappa shape index (κ2) is 12.7. The number of Topliss-reactive ketones (excluding diaryl/α,β-unsaturated/α-hetero) is 1. The van der Waals surface area contributed by atoms with Crippen molar-refractivity contribution in [3.05, 3.63) is 64.5 Å². The summed E-state index contributed by atoms with van der Waals surface area (Å²) in [5, 5.41) is 4.13. The summed E-state index contributed by atoms with van der Waals surface area (Å²) in [6, 6.07) is 10.3. The van der Waals surface area contributed by atoms with Crippen LogP contribution in [0.3, 0.4) is 0 Å². The number of carbonyl (C=O) groups is 1. The van der Waals surface area contributed by atoms with Gasteiger partial charge in [-0.3, -0.25) is 20.2 Å². The summed E-state index contributed by atoms with van der Waals surface area (Å²) in [4.78, 5) is 25.6. The van der Waals surface area contributed by atoms with Crippen molar-refractivity contribution in [1.29, 1.82) is 0 Å². The van der Waals surface area contributed by atoms with Gasteiger partial charge in [0.25, 0.3) is 0 Å². The highest BCUT2D eigenvalue weighted by molar-refractivity contribution is 5.99. The SMILES string of the molecule is C/C=N/NC(=NC)c1cccc(C2CCN([C@H]3C[C@H]4CCC[C@@]4(C(=O)C4CCCc5ncc(C(F)(F)F)cc5C4)C3)CC2)c1. The number of nitrogens with one attached hydrogen (secondary N) is 1. The van der Waals surface area contributed by atoms with Crippen molar-refractivity contribution in [2.24, 2.45) is 27.3 Å². The Morgan fingerprint density at radius 1 is 1.14 bits per heavy atom. The minimum Gasteiger partial charge on any atom is -0.300 e. The molecule has 3 aliphatic carbocycles. The van der Waals surface area contributed by atoms with Crippen molar-refractivity contribution >= 4 is 17.8 Å². The molecular formula is C35H44F3N5O. The van der Waals surface area contributed by atoms with Crippen LogP contribution in [0.5, 0.6) is 0 Å². The largest absolute Gasteiger partial charge is 0.417 e. The molecule has 2 aromatic rings. The molecule has 6 rings (SSSR count). The fourth-order valence-electron chi connectivity index (χ4n) is 8.81. The molecule has 1 N–H and O–H groups in total. The predicted molar refractivity (Wildman–Crippen MR) is 167 cm³/mol. The number of fused-ring (bicyclic) bond motifs is 2. The number of hydrazone groups is 1. The molecule has 6 nitrogen and oxygen atoms in total. The van der Waals surface area contributed by atoms with E-state index in [4.69, 9.17) is 0 Å². The van der Waals surface area contributed by atoms with E-state index in [9.17, 15) is 18.0 Å². The molecule has 1 aromatic carbocycles. The van der Waals surface area contributed by atoms with Crippen molar-refractivity contribution in [2.45, 2.75) is 95.7 Å². The van der Waals surface area contributed by atoms with Crippen LogP contribution in [0.15, 0.2) is 46.6 Å². The monoisotopic (exact) mass is 607 g/mol. The lowest BCUT2D eigenvalue weighted by molar-refractivity contribution is -0.137. The van der Waals surface area contributed by atoms with E-state index >= 15 is 0 Å². The summed E-state index contributed by atoms with van der Waals surface area (Å²) in [6.07, 6.45) is 8.03. The first kappa shape index (κ1) is 30.9. The number of aliphatic imine (C=N–C) groups is 1. The molecule has 1 aromatic heterocycles. The number of benzene rings is 1. The van der Waals surface area contributed by atoms with Gasteiger partial charge in [-0.05, 0) is 119 Å². The molecule has 0 radical (unpaired) electrons. The zero-order valence-electron chi connectivity index (χ0n) is 25.9. The van der Waals surface area contributed by atoms with Gasteiger partial charge in [0.15, 0.2) is 0 Å². The molecule has 4 atom stereocenters. The number of piperidine rings is 1. The number of aromatic nitrogens is 1. The number of aryl methyl sites for hydroxylation is 1. The van der Waals surface area contributed by atoms with Crippen LogP contribution in [-0.2, 0) is 23.8 Å². The fraction of sp³-hybridized carbons (Fsp3) is 0.600. The third-order valence-electron chi connectivity index (χ3n) is 11.0. The Hall–Kier alpha value is -3.07. The number of nitrogens with zero attached hydrogens (tertiary/aromatic N) is 4. The zero-order chi connectivity index (χ0) is 30.9. The van der Waals surface area contributed by atoms with Gasteiger partial charge < -0.3 is 4.90 Å². The molecule has 2 heterocycles. The van der Waals surface area contributed by atoms with Crippen molar-refractivity contribution in [3.63, 3.8) is 0 Å². The van der Waals surface area contributed by atoms with Crippen molar-refractivity contribution in [3.8, 4) is 0 Å². The Morgan fingerprint density at radius 3 is 2.70 bits per heavy atom. The maximum Gasteiger partial charge on any atom is 0.417 e. The van der Waals surface area contributed by atoms with Crippen LogP contribution in [0.25, 0.3) is 0 Å². The topological polar surface area (TPSA) is 70.0 Å². The number of pyridine rings is 1. The lowest BCUT2D eigenvalue weighted by Crippen LogP contribution is -2.42. The number of ketones is 1. The van der Waals surface area contributed by atoms with Crippen molar-refractivity contribution in [1.82, 2.24) is 15.3 Å². The molecule has 0 spiro atoms. The van der Waals surface area contributed by atoms with E-state index in [0.29, 0.717) is 42.1 Å². The van der Waals surface area contributed by atoms with Crippen LogP contribution in [0, 0.1) is 17.3 Å². The second-order valence-electron chi connectivity index (χ2n) is 13.3. The van der Waals surface area contributed by atoms with E-state index in [-0.39, 0.29) is 11.3 Å². The predicted octanol–water partition coefficient (Wildman–Crippen LogP) is 6.96.